The van der Waals surface area contributed by atoms with Crippen molar-refractivity contribution in [2.75, 3.05) is 25.0 Å². The molecule has 0 saturated heterocycles. The summed E-state index contributed by atoms with van der Waals surface area (Å²) >= 11 is 6.19. The minimum atomic E-state index is 0.670. The average molecular weight is 309 g/mol. The van der Waals surface area contributed by atoms with E-state index in [1.54, 1.807) is 0 Å². The first kappa shape index (κ1) is 16.6. The number of anilines is 1. The van der Waals surface area contributed by atoms with Gasteiger partial charge in [-0.05, 0) is 55.0 Å². The van der Waals surface area contributed by atoms with Crippen molar-refractivity contribution in [2.24, 2.45) is 11.8 Å². The Bertz CT molecular complexity index is 439. The molecule has 1 aromatic carbocycles. The van der Waals surface area contributed by atoms with Crippen molar-refractivity contribution in [3.63, 3.8) is 0 Å². The van der Waals surface area contributed by atoms with Gasteiger partial charge < -0.3 is 10.2 Å². The molecule has 3 heteroatoms. The van der Waals surface area contributed by atoms with Gasteiger partial charge in [0.25, 0.3) is 0 Å². The van der Waals surface area contributed by atoms with E-state index in [9.17, 15) is 0 Å². The highest BCUT2D eigenvalue weighted by Gasteiger charge is 2.18. The van der Waals surface area contributed by atoms with Gasteiger partial charge in [-0.2, -0.15) is 0 Å². The van der Waals surface area contributed by atoms with Crippen LogP contribution in [0.15, 0.2) is 18.2 Å². The molecule has 0 spiro atoms. The van der Waals surface area contributed by atoms with Gasteiger partial charge >= 0.3 is 0 Å². The van der Waals surface area contributed by atoms with Crippen LogP contribution in [0.5, 0.6) is 0 Å². The third-order valence-electron chi connectivity index (χ3n) is 4.33. The van der Waals surface area contributed by atoms with Gasteiger partial charge in [0.15, 0.2) is 0 Å². The van der Waals surface area contributed by atoms with Gasteiger partial charge in [-0.25, -0.2) is 0 Å². The molecule has 1 aromatic rings. The molecule has 1 aliphatic rings. The van der Waals surface area contributed by atoms with Crippen LogP contribution in [-0.2, 0) is 6.54 Å². The molecule has 0 aliphatic heterocycles. The summed E-state index contributed by atoms with van der Waals surface area (Å²) in [5.41, 5.74) is 2.63. The second-order valence-corrected chi connectivity index (χ2v) is 7.27. The summed E-state index contributed by atoms with van der Waals surface area (Å²) in [6.45, 7) is 7.57. The molecule has 1 N–H and O–H groups in total. The Morgan fingerprint density at radius 2 is 2.00 bits per heavy atom. The topological polar surface area (TPSA) is 15.3 Å². The number of benzene rings is 1. The van der Waals surface area contributed by atoms with Crippen molar-refractivity contribution in [3.8, 4) is 0 Å². The third kappa shape index (κ3) is 5.19. The molecule has 1 fully saturated rings. The standard InChI is InChI=1S/C18H29ClN2/c1-14(2)11-20-12-16-10-17(19)8-9-18(16)21(3)13-15-6-4-5-7-15/h8-10,14-15,20H,4-7,11-13H2,1-3H3. The Labute approximate surface area is 134 Å². The normalized spacial score (nSPS) is 15.9. The smallest absolute Gasteiger partial charge is 0.0410 e. The highest BCUT2D eigenvalue weighted by atomic mass is 35.5. The van der Waals surface area contributed by atoms with E-state index in [2.05, 4.69) is 43.2 Å². The predicted octanol–water partition coefficient (Wildman–Crippen LogP) is 4.71. The van der Waals surface area contributed by atoms with Gasteiger partial charge in [0.05, 0.1) is 0 Å². The fraction of sp³-hybridized carbons (Fsp3) is 0.667. The van der Waals surface area contributed by atoms with Crippen molar-refractivity contribution in [2.45, 2.75) is 46.1 Å². The van der Waals surface area contributed by atoms with Crippen molar-refractivity contribution >= 4 is 17.3 Å². The van der Waals surface area contributed by atoms with Crippen LogP contribution < -0.4 is 10.2 Å². The van der Waals surface area contributed by atoms with Crippen LogP contribution in [0.1, 0.15) is 45.1 Å². The molecule has 0 bridgehead atoms. The summed E-state index contributed by atoms with van der Waals surface area (Å²) in [5.74, 6) is 1.53. The first-order valence-electron chi connectivity index (χ1n) is 8.26. The van der Waals surface area contributed by atoms with Crippen molar-refractivity contribution in [1.82, 2.24) is 5.32 Å². The van der Waals surface area contributed by atoms with E-state index in [0.717, 1.165) is 24.0 Å². The maximum Gasteiger partial charge on any atom is 0.0410 e. The summed E-state index contributed by atoms with van der Waals surface area (Å²) in [7, 11) is 2.22. The van der Waals surface area contributed by atoms with Crippen LogP contribution in [0.4, 0.5) is 5.69 Å². The van der Waals surface area contributed by atoms with E-state index in [4.69, 9.17) is 11.6 Å². The third-order valence-corrected chi connectivity index (χ3v) is 4.56. The van der Waals surface area contributed by atoms with Gasteiger partial charge in [0.1, 0.15) is 0 Å². The zero-order chi connectivity index (χ0) is 15.2. The molecule has 2 rings (SSSR count). The summed E-state index contributed by atoms with van der Waals surface area (Å²) in [6.07, 6.45) is 5.58. The van der Waals surface area contributed by atoms with E-state index < -0.39 is 0 Å². The first-order valence-corrected chi connectivity index (χ1v) is 8.64. The summed E-state index contributed by atoms with van der Waals surface area (Å²) in [5, 5.41) is 4.36. The summed E-state index contributed by atoms with van der Waals surface area (Å²) in [6, 6.07) is 6.28. The molecule has 0 amide bonds. The molecule has 1 aliphatic carbocycles. The SMILES string of the molecule is CC(C)CNCc1cc(Cl)ccc1N(C)CC1CCCC1. The number of nitrogens with zero attached hydrogens (tertiary/aromatic N) is 1. The fourth-order valence-electron chi connectivity index (χ4n) is 3.24. The number of hydrogen-bond donors (Lipinski definition) is 1. The number of nitrogens with one attached hydrogen (secondary N) is 1. The molecule has 21 heavy (non-hydrogen) atoms. The predicted molar refractivity (Wildman–Crippen MR) is 93.2 cm³/mol. The Morgan fingerprint density at radius 3 is 2.67 bits per heavy atom. The highest BCUT2D eigenvalue weighted by molar-refractivity contribution is 6.30. The highest BCUT2D eigenvalue weighted by Crippen LogP contribution is 2.29. The lowest BCUT2D eigenvalue weighted by atomic mass is 10.1. The van der Waals surface area contributed by atoms with Crippen molar-refractivity contribution in [1.29, 1.82) is 0 Å². The molecular weight excluding hydrogens is 280 g/mol. The summed E-state index contributed by atoms with van der Waals surface area (Å²) < 4.78 is 0. The Morgan fingerprint density at radius 1 is 1.29 bits per heavy atom. The first-order chi connectivity index (χ1) is 10.1. The minimum Gasteiger partial charge on any atom is -0.374 e. The lowest BCUT2D eigenvalue weighted by Crippen LogP contribution is -2.26. The van der Waals surface area contributed by atoms with E-state index in [-0.39, 0.29) is 0 Å². The minimum absolute atomic E-state index is 0.670. The van der Waals surface area contributed by atoms with Crippen LogP contribution in [0.3, 0.4) is 0 Å². The van der Waals surface area contributed by atoms with Crippen LogP contribution in [-0.4, -0.2) is 20.1 Å². The summed E-state index contributed by atoms with van der Waals surface area (Å²) in [4.78, 5) is 2.42. The molecule has 2 nitrogen and oxygen atoms in total. The second-order valence-electron chi connectivity index (χ2n) is 6.83. The van der Waals surface area contributed by atoms with E-state index in [1.807, 2.05) is 6.07 Å². The molecule has 0 heterocycles. The zero-order valence-corrected chi connectivity index (χ0v) is 14.4. The van der Waals surface area contributed by atoms with E-state index in [1.165, 1.54) is 43.5 Å². The largest absolute Gasteiger partial charge is 0.374 e. The maximum absolute atomic E-state index is 6.19. The molecule has 0 unspecified atom stereocenters. The lowest BCUT2D eigenvalue weighted by Gasteiger charge is -2.26. The van der Waals surface area contributed by atoms with E-state index >= 15 is 0 Å². The van der Waals surface area contributed by atoms with Gasteiger partial charge in [-0.3, -0.25) is 0 Å². The van der Waals surface area contributed by atoms with Crippen LogP contribution >= 0.6 is 11.6 Å². The van der Waals surface area contributed by atoms with Gasteiger partial charge in [-0.1, -0.05) is 38.3 Å². The Balaban J connectivity index is 2.02. The Kier molecular flexibility index (Phi) is 6.38. The van der Waals surface area contributed by atoms with Crippen molar-refractivity contribution in [3.05, 3.63) is 28.8 Å². The Hall–Kier alpha value is -0.730. The van der Waals surface area contributed by atoms with Crippen LogP contribution in [0.25, 0.3) is 0 Å². The number of hydrogen-bond acceptors (Lipinski definition) is 2. The fourth-order valence-corrected chi connectivity index (χ4v) is 3.44. The molecule has 118 valence electrons. The average Bonchev–Trinajstić information content (AvgIpc) is 2.91. The number of rotatable bonds is 7. The van der Waals surface area contributed by atoms with Gasteiger partial charge in [-0.15, -0.1) is 0 Å². The molecule has 0 atom stereocenters. The second kappa shape index (κ2) is 8.05. The molecular formula is C18H29ClN2. The number of halogens is 1. The monoisotopic (exact) mass is 308 g/mol. The zero-order valence-electron chi connectivity index (χ0n) is 13.7. The molecule has 0 aromatic heterocycles. The van der Waals surface area contributed by atoms with Crippen molar-refractivity contribution < 1.29 is 0 Å². The van der Waals surface area contributed by atoms with Gasteiger partial charge in [0.2, 0.25) is 0 Å². The van der Waals surface area contributed by atoms with Crippen LogP contribution in [0.2, 0.25) is 5.02 Å². The lowest BCUT2D eigenvalue weighted by molar-refractivity contribution is 0.540. The molecule has 0 radical (unpaired) electrons. The van der Waals surface area contributed by atoms with E-state index in [0.29, 0.717) is 5.92 Å². The van der Waals surface area contributed by atoms with Crippen LogP contribution in [0, 0.1) is 11.8 Å². The maximum atomic E-state index is 6.19. The molecule has 1 saturated carbocycles. The van der Waals surface area contributed by atoms with Gasteiger partial charge in [0, 0.05) is 30.8 Å². The quantitative estimate of drug-likeness (QED) is 0.784.